The SMILES string of the molecule is COc1c(C)c(OC)c2c(c1O)[C@H]1[C@@H]3Cc4c(OC)c(C)c(CO)c(O)c4[C@H](CNC(=O)c4ccc5cc(OCCCCN)ccc5n4)N3[C@@H](C#N)[C@@H](C2)N1C. The van der Waals surface area contributed by atoms with Gasteiger partial charge in [0.1, 0.15) is 34.7 Å². The molecule has 1 aromatic heterocycles. The zero-order chi connectivity index (χ0) is 40.0. The van der Waals surface area contributed by atoms with Gasteiger partial charge < -0.3 is 45.3 Å². The Hall–Kier alpha value is -5.33. The lowest BCUT2D eigenvalue weighted by atomic mass is 9.71. The molecule has 14 nitrogen and oxygen atoms in total. The third-order valence-corrected chi connectivity index (χ3v) is 12.0. The van der Waals surface area contributed by atoms with Crippen LogP contribution in [0.5, 0.6) is 34.5 Å². The van der Waals surface area contributed by atoms with E-state index in [-0.39, 0.29) is 29.8 Å². The molecule has 3 aliphatic heterocycles. The van der Waals surface area contributed by atoms with Crippen LogP contribution in [0, 0.1) is 25.2 Å². The van der Waals surface area contributed by atoms with Crippen LogP contribution < -0.4 is 30.0 Å². The monoisotopic (exact) mass is 766 g/mol. The van der Waals surface area contributed by atoms with Crippen LogP contribution in [0.25, 0.3) is 10.9 Å². The van der Waals surface area contributed by atoms with Crippen LogP contribution in [0.15, 0.2) is 30.3 Å². The lowest BCUT2D eigenvalue weighted by Gasteiger charge is -2.60. The van der Waals surface area contributed by atoms with Gasteiger partial charge in [-0.25, -0.2) is 4.98 Å². The number of likely N-dealkylation sites (N-methyl/N-ethyl adjacent to an activating group) is 1. The fourth-order valence-electron chi connectivity index (χ4n) is 9.47. The van der Waals surface area contributed by atoms with Gasteiger partial charge in [-0.2, -0.15) is 5.26 Å². The first-order chi connectivity index (χ1) is 27.0. The second-order valence-corrected chi connectivity index (χ2v) is 14.8. The Balaban J connectivity index is 1.31. The average molecular weight is 767 g/mol. The summed E-state index contributed by atoms with van der Waals surface area (Å²) in [4.78, 5) is 22.8. The maximum Gasteiger partial charge on any atom is 0.269 e. The van der Waals surface area contributed by atoms with Gasteiger partial charge in [-0.3, -0.25) is 14.6 Å². The Morgan fingerprint density at radius 1 is 0.964 bits per heavy atom. The van der Waals surface area contributed by atoms with Gasteiger partial charge >= 0.3 is 0 Å². The molecule has 3 aromatic carbocycles. The van der Waals surface area contributed by atoms with Crippen LogP contribution in [0.4, 0.5) is 0 Å². The number of piperazine rings is 1. The van der Waals surface area contributed by atoms with Crippen molar-refractivity contribution in [3.05, 3.63) is 75.0 Å². The number of nitrogens with one attached hydrogen (secondary N) is 1. The lowest BCUT2D eigenvalue weighted by molar-refractivity contribution is -0.0724. The molecule has 5 atom stereocenters. The third kappa shape index (κ3) is 6.19. The summed E-state index contributed by atoms with van der Waals surface area (Å²) < 4.78 is 23.5. The number of carbonyl (C=O) groups excluding carboxylic acids is 1. The number of hydrogen-bond donors (Lipinski definition) is 5. The fraction of sp³-hybridized carbons (Fsp3) is 0.452. The summed E-state index contributed by atoms with van der Waals surface area (Å²) >= 11 is 0. The van der Waals surface area contributed by atoms with Crippen LogP contribution in [0.2, 0.25) is 0 Å². The maximum absolute atomic E-state index is 14.0. The number of phenols is 2. The van der Waals surface area contributed by atoms with Crippen LogP contribution in [-0.4, -0.2) is 102 Å². The highest BCUT2D eigenvalue weighted by molar-refractivity contribution is 5.95. The smallest absolute Gasteiger partial charge is 0.269 e. The van der Waals surface area contributed by atoms with E-state index in [0.717, 1.165) is 23.8 Å². The van der Waals surface area contributed by atoms with E-state index in [1.165, 1.54) is 7.11 Å². The van der Waals surface area contributed by atoms with Crippen molar-refractivity contribution < 1.29 is 39.1 Å². The number of benzene rings is 3. The number of unbranched alkanes of at least 4 members (excludes halogenated alkanes) is 1. The minimum absolute atomic E-state index is 0.0105. The molecule has 296 valence electrons. The van der Waals surface area contributed by atoms with Crippen LogP contribution in [0.1, 0.15) is 74.4 Å². The quantitative estimate of drug-likeness (QED) is 0.130. The molecule has 56 heavy (non-hydrogen) atoms. The first kappa shape index (κ1) is 38.9. The highest BCUT2D eigenvalue weighted by Gasteiger charge is 2.57. The molecule has 1 amide bonds. The summed E-state index contributed by atoms with van der Waals surface area (Å²) in [5, 5.41) is 49.2. The van der Waals surface area contributed by atoms with Gasteiger partial charge in [-0.05, 0) is 77.4 Å². The number of rotatable bonds is 12. The zero-order valence-electron chi connectivity index (χ0n) is 32.7. The first-order valence-corrected chi connectivity index (χ1v) is 18.9. The van der Waals surface area contributed by atoms with Gasteiger partial charge in [-0.1, -0.05) is 6.07 Å². The van der Waals surface area contributed by atoms with Gasteiger partial charge in [0.2, 0.25) is 0 Å². The third-order valence-electron chi connectivity index (χ3n) is 12.0. The highest BCUT2D eigenvalue weighted by Crippen LogP contribution is 2.58. The van der Waals surface area contributed by atoms with Crippen molar-refractivity contribution in [1.29, 1.82) is 5.26 Å². The van der Waals surface area contributed by atoms with E-state index >= 15 is 0 Å². The number of nitrogens with two attached hydrogens (primary N) is 1. The molecule has 6 N–H and O–H groups in total. The number of phenolic OH excluding ortho intramolecular Hbond substituents is 1. The topological polar surface area (TPSA) is 196 Å². The predicted octanol–water partition coefficient (Wildman–Crippen LogP) is 4.10. The van der Waals surface area contributed by atoms with Gasteiger partial charge in [0, 0.05) is 63.0 Å². The lowest BCUT2D eigenvalue weighted by Crippen LogP contribution is -2.68. The number of nitriles is 1. The van der Waals surface area contributed by atoms with Crippen molar-refractivity contribution in [3.63, 3.8) is 0 Å². The van der Waals surface area contributed by atoms with Gasteiger partial charge in [-0.15, -0.1) is 0 Å². The van der Waals surface area contributed by atoms with Gasteiger partial charge in [0.25, 0.3) is 5.91 Å². The van der Waals surface area contributed by atoms with E-state index < -0.39 is 36.7 Å². The van der Waals surface area contributed by atoms with E-state index in [4.69, 9.17) is 24.7 Å². The van der Waals surface area contributed by atoms with E-state index in [0.29, 0.717) is 87.9 Å². The number of nitrogens with zero attached hydrogens (tertiary/aromatic N) is 4. The van der Waals surface area contributed by atoms with Crippen molar-refractivity contribution >= 4 is 16.8 Å². The summed E-state index contributed by atoms with van der Waals surface area (Å²) in [6.07, 6.45) is 2.45. The summed E-state index contributed by atoms with van der Waals surface area (Å²) in [6.45, 7) is 4.34. The number of pyridine rings is 1. The number of amides is 1. The van der Waals surface area contributed by atoms with Crippen molar-refractivity contribution in [2.75, 3.05) is 48.1 Å². The molecule has 14 heteroatoms. The zero-order valence-corrected chi connectivity index (χ0v) is 32.7. The number of fused-ring (bicyclic) bond motifs is 8. The number of carbonyl (C=O) groups is 1. The molecule has 4 heterocycles. The minimum atomic E-state index is -0.742. The number of aromatic nitrogens is 1. The normalized spacial score (nSPS) is 21.4. The summed E-state index contributed by atoms with van der Waals surface area (Å²) in [5.74, 6) is 1.61. The van der Waals surface area contributed by atoms with Gasteiger partial charge in [0.05, 0.1) is 58.2 Å². The molecule has 2 bridgehead atoms. The number of aliphatic hydroxyl groups excluding tert-OH is 1. The Kier molecular flexibility index (Phi) is 10.9. The van der Waals surface area contributed by atoms with Crippen LogP contribution in [-0.2, 0) is 19.4 Å². The van der Waals surface area contributed by atoms with Gasteiger partial charge in [0.15, 0.2) is 11.5 Å². The number of aliphatic hydroxyl groups is 1. The highest BCUT2D eigenvalue weighted by atomic mass is 16.5. The van der Waals surface area contributed by atoms with E-state index in [1.54, 1.807) is 27.2 Å². The molecule has 0 unspecified atom stereocenters. The number of methoxy groups -OCH3 is 3. The molecule has 0 aliphatic carbocycles. The molecule has 0 spiro atoms. The van der Waals surface area contributed by atoms with E-state index in [1.807, 2.05) is 38.2 Å². The van der Waals surface area contributed by atoms with Crippen molar-refractivity contribution in [3.8, 4) is 40.6 Å². The Labute approximate surface area is 326 Å². The van der Waals surface area contributed by atoms with Crippen LogP contribution in [0.3, 0.4) is 0 Å². The first-order valence-electron chi connectivity index (χ1n) is 18.9. The molecule has 1 saturated heterocycles. The Morgan fingerprint density at radius 3 is 2.34 bits per heavy atom. The van der Waals surface area contributed by atoms with Crippen molar-refractivity contribution in [1.82, 2.24) is 20.1 Å². The summed E-state index contributed by atoms with van der Waals surface area (Å²) in [7, 11) is 6.61. The average Bonchev–Trinajstić information content (AvgIpc) is 3.19. The fourth-order valence-corrected chi connectivity index (χ4v) is 9.47. The van der Waals surface area contributed by atoms with Crippen molar-refractivity contribution in [2.24, 2.45) is 5.73 Å². The largest absolute Gasteiger partial charge is 0.507 e. The molecular weight excluding hydrogens is 716 g/mol. The molecule has 3 aliphatic rings. The molecule has 0 radical (unpaired) electrons. The minimum Gasteiger partial charge on any atom is -0.507 e. The van der Waals surface area contributed by atoms with Crippen molar-refractivity contribution in [2.45, 2.75) is 76.3 Å². The van der Waals surface area contributed by atoms with Crippen LogP contribution >= 0.6 is 0 Å². The maximum atomic E-state index is 14.0. The van der Waals surface area contributed by atoms with E-state index in [2.05, 4.69) is 26.2 Å². The summed E-state index contributed by atoms with van der Waals surface area (Å²) in [5.41, 5.74) is 10.6. The molecule has 1 fully saturated rings. The molecule has 7 rings (SSSR count). The standard InChI is InChI=1S/C42H50N6O8/c1-21-27(20-49)37(50)34-25(39(21)53-4)17-31-36-35-26(40(54-5)22(2)41(55-6)38(35)51)16-30(47(36)3)32(18-44)48(31)33(34)19-45-42(52)29-11-9-23-15-24(10-12-28(23)46-29)56-14-8-7-13-43/h9-12,15,30-33,36,49-51H,7-8,13-14,16-17,19-20,43H2,1-6H3,(H,45,52)/t30-,31+,32+,33+,36-/m1/s1. The second-order valence-electron chi connectivity index (χ2n) is 14.8. The number of hydrogen-bond acceptors (Lipinski definition) is 13. The predicted molar refractivity (Wildman–Crippen MR) is 209 cm³/mol. The van der Waals surface area contributed by atoms with E-state index in [9.17, 15) is 25.4 Å². The second kappa shape index (κ2) is 15.7. The number of ether oxygens (including phenoxy) is 4. The molecule has 0 saturated carbocycles. The molecule has 4 aromatic rings. The molecular formula is C42H50N6O8. The number of aromatic hydroxyl groups is 2. The Morgan fingerprint density at radius 2 is 1.66 bits per heavy atom. The summed E-state index contributed by atoms with van der Waals surface area (Å²) in [6, 6.07) is 8.87. The Bertz CT molecular complexity index is 2220.